The van der Waals surface area contributed by atoms with Crippen LogP contribution in [0.3, 0.4) is 0 Å². The second-order valence-corrected chi connectivity index (χ2v) is 4.82. The Kier molecular flexibility index (Phi) is 3.88. The van der Waals surface area contributed by atoms with E-state index in [1.165, 1.54) is 0 Å². The van der Waals surface area contributed by atoms with Gasteiger partial charge in [0.1, 0.15) is 17.4 Å². The summed E-state index contributed by atoms with van der Waals surface area (Å²) >= 11 is 0. The third-order valence-corrected chi connectivity index (χ3v) is 3.36. The van der Waals surface area contributed by atoms with Gasteiger partial charge in [-0.15, -0.1) is 0 Å². The predicted octanol–water partition coefficient (Wildman–Crippen LogP) is 0.773. The van der Waals surface area contributed by atoms with Crippen LogP contribution in [0.25, 0.3) is 0 Å². The molecular weight excluding hydrogens is 246 g/mol. The van der Waals surface area contributed by atoms with E-state index in [-0.39, 0.29) is 24.4 Å². The quantitative estimate of drug-likeness (QED) is 0.841. The minimum absolute atomic E-state index is 0.195. The number of aryl methyl sites for hydroxylation is 1. The lowest BCUT2D eigenvalue weighted by atomic mass is 10.2. The zero-order valence-corrected chi connectivity index (χ0v) is 11.1. The van der Waals surface area contributed by atoms with Crippen LogP contribution in [0.4, 0.5) is 5.88 Å². The van der Waals surface area contributed by atoms with Gasteiger partial charge in [0.25, 0.3) is 0 Å². The fraction of sp³-hybridized carbons (Fsp3) is 0.538. The molecule has 1 saturated heterocycles. The van der Waals surface area contributed by atoms with Crippen LogP contribution in [0.5, 0.6) is 0 Å². The SMILES string of the molecule is Cc1oc(NC(=O)CN2CCC(O)C2)c(C#N)c1C. The standard InChI is InChI=1S/C13H17N3O3/c1-8-9(2)19-13(11(8)5-14)15-12(18)7-16-4-3-10(17)6-16/h10,17H,3-4,6-7H2,1-2H3,(H,15,18). The number of amides is 1. The minimum Gasteiger partial charge on any atom is -0.444 e. The first-order valence-corrected chi connectivity index (χ1v) is 6.21. The Morgan fingerprint density at radius 1 is 1.63 bits per heavy atom. The second-order valence-electron chi connectivity index (χ2n) is 4.82. The molecule has 1 aromatic rings. The Bertz CT molecular complexity index is 530. The molecule has 1 aromatic heterocycles. The number of likely N-dealkylation sites (tertiary alicyclic amines) is 1. The van der Waals surface area contributed by atoms with E-state index < -0.39 is 0 Å². The molecule has 6 nitrogen and oxygen atoms in total. The van der Waals surface area contributed by atoms with Gasteiger partial charge in [-0.2, -0.15) is 5.26 Å². The Hall–Kier alpha value is -1.84. The van der Waals surface area contributed by atoms with Crippen molar-refractivity contribution < 1.29 is 14.3 Å². The van der Waals surface area contributed by atoms with Crippen molar-refractivity contribution >= 4 is 11.8 Å². The van der Waals surface area contributed by atoms with E-state index in [1.807, 2.05) is 11.0 Å². The maximum Gasteiger partial charge on any atom is 0.240 e. The Balaban J connectivity index is 2.00. The number of anilines is 1. The molecule has 1 atom stereocenters. The number of β-amino-alcohol motifs (C(OH)–C–C–N with tert-alkyl or cyclic N) is 1. The monoisotopic (exact) mass is 263 g/mol. The molecule has 0 saturated carbocycles. The lowest BCUT2D eigenvalue weighted by Crippen LogP contribution is -2.32. The summed E-state index contributed by atoms with van der Waals surface area (Å²) in [6.45, 7) is 4.94. The third-order valence-electron chi connectivity index (χ3n) is 3.36. The van der Waals surface area contributed by atoms with E-state index in [9.17, 15) is 9.90 Å². The van der Waals surface area contributed by atoms with Gasteiger partial charge < -0.3 is 9.52 Å². The number of rotatable bonds is 3. The number of aliphatic hydroxyl groups excluding tert-OH is 1. The second kappa shape index (κ2) is 5.43. The maximum absolute atomic E-state index is 11.9. The Labute approximate surface area is 111 Å². The topological polar surface area (TPSA) is 89.5 Å². The van der Waals surface area contributed by atoms with E-state index in [4.69, 9.17) is 9.68 Å². The molecule has 2 N–H and O–H groups in total. The highest BCUT2D eigenvalue weighted by Gasteiger charge is 2.23. The summed E-state index contributed by atoms with van der Waals surface area (Å²) in [5, 5.41) is 21.0. The molecule has 19 heavy (non-hydrogen) atoms. The van der Waals surface area contributed by atoms with Gasteiger partial charge in [-0.05, 0) is 20.3 Å². The molecule has 1 aliphatic rings. The van der Waals surface area contributed by atoms with Crippen LogP contribution in [0.15, 0.2) is 4.42 Å². The molecule has 0 bridgehead atoms. The number of furan rings is 1. The molecule has 1 fully saturated rings. The van der Waals surface area contributed by atoms with Gasteiger partial charge in [-0.1, -0.05) is 0 Å². The molecule has 102 valence electrons. The lowest BCUT2D eigenvalue weighted by molar-refractivity contribution is -0.117. The average molecular weight is 263 g/mol. The fourth-order valence-electron chi connectivity index (χ4n) is 2.17. The van der Waals surface area contributed by atoms with E-state index in [0.717, 1.165) is 5.56 Å². The molecular formula is C13H17N3O3. The van der Waals surface area contributed by atoms with E-state index >= 15 is 0 Å². The van der Waals surface area contributed by atoms with Gasteiger partial charge in [0, 0.05) is 18.7 Å². The summed E-state index contributed by atoms with van der Waals surface area (Å²) in [4.78, 5) is 13.7. The third kappa shape index (κ3) is 2.95. The van der Waals surface area contributed by atoms with Crippen molar-refractivity contribution in [2.24, 2.45) is 0 Å². The largest absolute Gasteiger partial charge is 0.444 e. The lowest BCUT2D eigenvalue weighted by Gasteiger charge is -2.13. The number of nitrogens with zero attached hydrogens (tertiary/aromatic N) is 2. The van der Waals surface area contributed by atoms with Gasteiger partial charge >= 0.3 is 0 Å². The van der Waals surface area contributed by atoms with E-state index in [0.29, 0.717) is 30.8 Å². The number of hydrogen-bond acceptors (Lipinski definition) is 5. The van der Waals surface area contributed by atoms with Crippen molar-refractivity contribution in [3.63, 3.8) is 0 Å². The molecule has 0 spiro atoms. The van der Waals surface area contributed by atoms with Crippen LogP contribution in [0.2, 0.25) is 0 Å². The van der Waals surface area contributed by atoms with Crippen LogP contribution in [-0.4, -0.2) is 41.7 Å². The van der Waals surface area contributed by atoms with Crippen molar-refractivity contribution in [1.82, 2.24) is 4.90 Å². The highest BCUT2D eigenvalue weighted by atomic mass is 16.4. The number of aliphatic hydroxyl groups is 1. The summed E-state index contributed by atoms with van der Waals surface area (Å²) in [6, 6.07) is 2.03. The minimum atomic E-state index is -0.351. The first-order valence-electron chi connectivity index (χ1n) is 6.21. The highest BCUT2D eigenvalue weighted by molar-refractivity contribution is 5.92. The smallest absolute Gasteiger partial charge is 0.240 e. The number of carbonyl (C=O) groups excluding carboxylic acids is 1. The first kappa shape index (κ1) is 13.6. The van der Waals surface area contributed by atoms with Crippen molar-refractivity contribution in [2.45, 2.75) is 26.4 Å². The fourth-order valence-corrected chi connectivity index (χ4v) is 2.17. The van der Waals surface area contributed by atoms with Crippen LogP contribution in [0.1, 0.15) is 23.3 Å². The first-order chi connectivity index (χ1) is 9.01. The zero-order chi connectivity index (χ0) is 14.0. The van der Waals surface area contributed by atoms with Crippen molar-refractivity contribution in [3.8, 4) is 6.07 Å². The van der Waals surface area contributed by atoms with E-state index in [2.05, 4.69) is 5.32 Å². The molecule has 2 rings (SSSR count). The predicted molar refractivity (Wildman–Crippen MR) is 68.6 cm³/mol. The molecule has 6 heteroatoms. The summed E-state index contributed by atoms with van der Waals surface area (Å²) in [5.41, 5.74) is 1.11. The van der Waals surface area contributed by atoms with Gasteiger partial charge in [-0.25, -0.2) is 0 Å². The molecule has 0 radical (unpaired) electrons. The average Bonchev–Trinajstić information content (AvgIpc) is 2.85. The zero-order valence-electron chi connectivity index (χ0n) is 11.1. The summed E-state index contributed by atoms with van der Waals surface area (Å²) in [5.74, 6) is 0.602. The van der Waals surface area contributed by atoms with Crippen LogP contribution >= 0.6 is 0 Å². The highest BCUT2D eigenvalue weighted by Crippen LogP contribution is 2.25. The van der Waals surface area contributed by atoms with Crippen LogP contribution in [0, 0.1) is 25.2 Å². The van der Waals surface area contributed by atoms with Crippen molar-refractivity contribution in [3.05, 3.63) is 16.9 Å². The number of hydrogen-bond donors (Lipinski definition) is 2. The number of nitriles is 1. The van der Waals surface area contributed by atoms with Gasteiger partial charge in [-0.3, -0.25) is 15.0 Å². The van der Waals surface area contributed by atoms with Crippen molar-refractivity contribution in [1.29, 1.82) is 5.26 Å². The van der Waals surface area contributed by atoms with E-state index in [1.54, 1.807) is 13.8 Å². The summed E-state index contributed by atoms with van der Waals surface area (Å²) in [6.07, 6.45) is 0.339. The van der Waals surface area contributed by atoms with Gasteiger partial charge in [0.05, 0.1) is 12.6 Å². The Morgan fingerprint density at radius 3 is 2.95 bits per heavy atom. The van der Waals surface area contributed by atoms with Crippen LogP contribution in [-0.2, 0) is 4.79 Å². The molecule has 1 amide bonds. The number of carbonyl (C=O) groups is 1. The molecule has 0 aromatic carbocycles. The van der Waals surface area contributed by atoms with Crippen LogP contribution < -0.4 is 5.32 Å². The van der Waals surface area contributed by atoms with Gasteiger partial charge in [0.15, 0.2) is 0 Å². The molecule has 2 heterocycles. The van der Waals surface area contributed by atoms with Crippen molar-refractivity contribution in [2.75, 3.05) is 25.0 Å². The maximum atomic E-state index is 11.9. The normalized spacial score (nSPS) is 19.4. The number of nitrogens with one attached hydrogen (secondary N) is 1. The Morgan fingerprint density at radius 2 is 2.37 bits per heavy atom. The summed E-state index contributed by atoms with van der Waals surface area (Å²) < 4.78 is 5.37. The van der Waals surface area contributed by atoms with Gasteiger partial charge in [0.2, 0.25) is 11.8 Å². The molecule has 0 aliphatic carbocycles. The summed E-state index contributed by atoms with van der Waals surface area (Å²) in [7, 11) is 0. The molecule has 1 unspecified atom stereocenters. The molecule has 1 aliphatic heterocycles.